The Hall–Kier alpha value is -1.17. The zero-order valence-corrected chi connectivity index (χ0v) is 18.6. The number of amides is 1. The molecule has 0 aromatic heterocycles. The normalized spacial score (nSPS) is 45.3. The van der Waals surface area contributed by atoms with Gasteiger partial charge in [-0.1, -0.05) is 31.2 Å². The largest absolute Gasteiger partial charge is 1.00 e. The minimum atomic E-state index is 0. The molecule has 1 unspecified atom stereocenters. The molecule has 0 radical (unpaired) electrons. The van der Waals surface area contributed by atoms with Crippen molar-refractivity contribution in [3.8, 4) is 0 Å². The van der Waals surface area contributed by atoms with E-state index in [1.807, 2.05) is 0 Å². The van der Waals surface area contributed by atoms with Crippen LogP contribution in [0.4, 0.5) is 5.69 Å². The standard InChI is InChI=1S/C24H29N2O2.BrH/c1-2-9-26-10-8-24-17-5-3-4-6-18(17)25-21(27)13-19-22(23(24)25)16(12-20(24)26)15(14-26)7-11-28-19;/h3-7,16,19-20,22-23H,2,8-14H2,1H3;1H/q+1;/p-1/t16-,19-,20-,22-,23-,24+,26?;/m0./s1. The summed E-state index contributed by atoms with van der Waals surface area (Å²) in [6.45, 7) is 6.81. The minimum absolute atomic E-state index is 0. The first-order valence-corrected chi connectivity index (χ1v) is 11.3. The van der Waals surface area contributed by atoms with E-state index < -0.39 is 0 Å². The van der Waals surface area contributed by atoms with Crippen LogP contribution in [0.15, 0.2) is 35.9 Å². The molecule has 1 saturated carbocycles. The molecular weight excluding hydrogens is 428 g/mol. The summed E-state index contributed by atoms with van der Waals surface area (Å²) in [5.74, 6) is 1.37. The maximum absolute atomic E-state index is 13.4. The Bertz CT molecular complexity index is 931. The molecule has 1 amide bonds. The number of nitrogens with zero attached hydrogens (tertiary/aromatic N) is 2. The van der Waals surface area contributed by atoms with Gasteiger partial charge in [-0.2, -0.15) is 0 Å². The first kappa shape index (κ1) is 18.6. The van der Waals surface area contributed by atoms with E-state index >= 15 is 0 Å². The SMILES string of the molecule is CCC[N+]12CC[C@@]34c5ccccc5N5C(=O)C[C@@H]6OCC=C(C1)[C@H](C[C@@H]32)[C@@H]6[C@H]54.[Br-]. The van der Waals surface area contributed by atoms with Crippen LogP contribution in [0.5, 0.6) is 0 Å². The molecule has 5 aliphatic heterocycles. The summed E-state index contributed by atoms with van der Waals surface area (Å²) in [7, 11) is 0. The fourth-order valence-corrected chi connectivity index (χ4v) is 8.75. The molecule has 1 aromatic carbocycles. The molecule has 5 heteroatoms. The van der Waals surface area contributed by atoms with Gasteiger partial charge in [0, 0.05) is 24.4 Å². The number of benzene rings is 1. The van der Waals surface area contributed by atoms with Crippen molar-refractivity contribution >= 4 is 11.6 Å². The lowest BCUT2D eigenvalue weighted by Crippen LogP contribution is -3.00. The van der Waals surface area contributed by atoms with Gasteiger partial charge < -0.3 is 31.1 Å². The van der Waals surface area contributed by atoms with Crippen LogP contribution in [0.2, 0.25) is 0 Å². The van der Waals surface area contributed by atoms with Gasteiger partial charge in [0.05, 0.1) is 43.7 Å². The Morgan fingerprint density at radius 1 is 1.31 bits per heavy atom. The van der Waals surface area contributed by atoms with Gasteiger partial charge in [-0.3, -0.25) is 4.79 Å². The van der Waals surface area contributed by atoms with Gasteiger partial charge in [-0.05, 0) is 29.5 Å². The molecule has 5 heterocycles. The summed E-state index contributed by atoms with van der Waals surface area (Å²) in [6.07, 6.45) is 6.82. The summed E-state index contributed by atoms with van der Waals surface area (Å²) < 4.78 is 7.61. The molecule has 4 fully saturated rings. The number of quaternary nitrogens is 1. The van der Waals surface area contributed by atoms with E-state index in [9.17, 15) is 4.79 Å². The third-order valence-corrected chi connectivity index (χ3v) is 9.38. The molecule has 0 N–H and O–H groups in total. The van der Waals surface area contributed by atoms with Gasteiger partial charge in [-0.15, -0.1) is 0 Å². The molecule has 2 bridgehead atoms. The van der Waals surface area contributed by atoms with Crippen LogP contribution < -0.4 is 21.9 Å². The van der Waals surface area contributed by atoms with Gasteiger partial charge in [0.25, 0.3) is 0 Å². The van der Waals surface area contributed by atoms with Crippen molar-refractivity contribution in [1.82, 2.24) is 0 Å². The maximum atomic E-state index is 13.4. The molecule has 4 nitrogen and oxygen atoms in total. The van der Waals surface area contributed by atoms with E-state index in [0.29, 0.717) is 42.9 Å². The van der Waals surface area contributed by atoms with Gasteiger partial charge in [0.2, 0.25) is 5.91 Å². The van der Waals surface area contributed by atoms with E-state index in [0.717, 1.165) is 0 Å². The predicted molar refractivity (Wildman–Crippen MR) is 107 cm³/mol. The second-order valence-corrected chi connectivity index (χ2v) is 10.1. The quantitative estimate of drug-likeness (QED) is 0.463. The second kappa shape index (κ2) is 5.95. The van der Waals surface area contributed by atoms with Crippen LogP contribution in [0, 0.1) is 11.8 Å². The van der Waals surface area contributed by atoms with Crippen molar-refractivity contribution in [2.75, 3.05) is 31.1 Å². The number of anilines is 1. The maximum Gasteiger partial charge on any atom is 0.229 e. The van der Waals surface area contributed by atoms with Gasteiger partial charge in [0.1, 0.15) is 12.6 Å². The number of fused-ring (bicyclic) bond motifs is 2. The summed E-state index contributed by atoms with van der Waals surface area (Å²) in [5, 5.41) is 0. The number of piperidine rings is 2. The number of rotatable bonds is 2. The van der Waals surface area contributed by atoms with Crippen LogP contribution in [-0.2, 0) is 14.9 Å². The molecule has 3 saturated heterocycles. The molecule has 1 spiro atoms. The highest BCUT2D eigenvalue weighted by Crippen LogP contribution is 2.67. The Kier molecular flexibility index (Phi) is 3.82. The lowest BCUT2D eigenvalue weighted by Gasteiger charge is -2.60. The average Bonchev–Trinajstić information content (AvgIpc) is 3.13. The number of halogens is 1. The van der Waals surface area contributed by atoms with Crippen LogP contribution in [0.1, 0.15) is 38.2 Å². The highest BCUT2D eigenvalue weighted by Gasteiger charge is 2.75. The highest BCUT2D eigenvalue weighted by molar-refractivity contribution is 5.99. The van der Waals surface area contributed by atoms with E-state index in [1.165, 1.54) is 54.6 Å². The fraction of sp³-hybridized carbons (Fsp3) is 0.625. The Labute approximate surface area is 183 Å². The minimum Gasteiger partial charge on any atom is -1.00 e. The van der Waals surface area contributed by atoms with Gasteiger partial charge >= 0.3 is 0 Å². The molecule has 29 heavy (non-hydrogen) atoms. The fourth-order valence-electron chi connectivity index (χ4n) is 8.75. The smallest absolute Gasteiger partial charge is 0.229 e. The molecule has 154 valence electrons. The van der Waals surface area contributed by atoms with Crippen molar-refractivity contribution < 1.29 is 31.0 Å². The van der Waals surface area contributed by atoms with Crippen LogP contribution in [0.25, 0.3) is 0 Å². The van der Waals surface area contributed by atoms with Crippen molar-refractivity contribution in [2.45, 2.75) is 56.2 Å². The Balaban J connectivity index is 0.00000165. The van der Waals surface area contributed by atoms with Crippen molar-refractivity contribution in [2.24, 2.45) is 11.8 Å². The zero-order chi connectivity index (χ0) is 18.7. The lowest BCUT2D eigenvalue weighted by molar-refractivity contribution is -0.943. The first-order chi connectivity index (χ1) is 13.7. The summed E-state index contributed by atoms with van der Waals surface area (Å²) in [4.78, 5) is 15.6. The number of hydrogen-bond acceptors (Lipinski definition) is 2. The van der Waals surface area contributed by atoms with E-state index in [1.54, 1.807) is 5.57 Å². The summed E-state index contributed by atoms with van der Waals surface area (Å²) in [6, 6.07) is 9.85. The zero-order valence-electron chi connectivity index (χ0n) is 17.0. The number of carbonyl (C=O) groups is 1. The van der Waals surface area contributed by atoms with Gasteiger partial charge in [-0.25, -0.2) is 0 Å². The number of ether oxygens (including phenoxy) is 1. The van der Waals surface area contributed by atoms with Crippen LogP contribution >= 0.6 is 0 Å². The lowest BCUT2D eigenvalue weighted by atomic mass is 9.53. The third kappa shape index (κ3) is 1.96. The van der Waals surface area contributed by atoms with E-state index in [4.69, 9.17) is 4.74 Å². The Morgan fingerprint density at radius 2 is 2.17 bits per heavy atom. The molecule has 1 aliphatic carbocycles. The molecular formula is C24H29BrN2O2. The van der Waals surface area contributed by atoms with Crippen molar-refractivity contribution in [3.05, 3.63) is 41.5 Å². The van der Waals surface area contributed by atoms with E-state index in [-0.39, 0.29) is 28.5 Å². The van der Waals surface area contributed by atoms with Crippen molar-refractivity contribution in [1.29, 1.82) is 0 Å². The topological polar surface area (TPSA) is 29.5 Å². The number of para-hydroxylation sites is 1. The molecule has 7 rings (SSSR count). The predicted octanol–water partition coefficient (Wildman–Crippen LogP) is 0.0213. The monoisotopic (exact) mass is 456 g/mol. The highest BCUT2D eigenvalue weighted by atomic mass is 79.9. The van der Waals surface area contributed by atoms with Crippen LogP contribution in [0.3, 0.4) is 0 Å². The average molecular weight is 457 g/mol. The summed E-state index contributed by atoms with van der Waals surface area (Å²) >= 11 is 0. The molecule has 1 aromatic rings. The summed E-state index contributed by atoms with van der Waals surface area (Å²) in [5.41, 5.74) is 4.48. The van der Waals surface area contributed by atoms with E-state index in [2.05, 4.69) is 42.2 Å². The Morgan fingerprint density at radius 3 is 3.03 bits per heavy atom. The van der Waals surface area contributed by atoms with Gasteiger partial charge in [0.15, 0.2) is 0 Å². The number of hydrogen-bond donors (Lipinski definition) is 0. The first-order valence-electron chi connectivity index (χ1n) is 11.3. The second-order valence-electron chi connectivity index (χ2n) is 10.1. The molecule has 7 atom stereocenters. The molecule has 6 aliphatic rings. The van der Waals surface area contributed by atoms with Crippen molar-refractivity contribution in [3.63, 3.8) is 0 Å². The number of carbonyl (C=O) groups excluding carboxylic acids is 1. The third-order valence-electron chi connectivity index (χ3n) is 9.38. The van der Waals surface area contributed by atoms with Crippen LogP contribution in [-0.4, -0.2) is 54.8 Å².